The average molecular weight is 323 g/mol. The number of ether oxygens (including phenoxy) is 1. The number of H-pyrrole nitrogens is 1. The van der Waals surface area contributed by atoms with Gasteiger partial charge in [-0.05, 0) is 13.8 Å². The number of imidazole rings is 1. The summed E-state index contributed by atoms with van der Waals surface area (Å²) in [5.41, 5.74) is 0.137. The van der Waals surface area contributed by atoms with E-state index in [1.165, 1.54) is 10.9 Å². The molecule has 0 amide bonds. The fourth-order valence-corrected chi connectivity index (χ4v) is 2.76. The van der Waals surface area contributed by atoms with Crippen molar-refractivity contribution in [1.29, 1.82) is 0 Å². The molecule has 0 aliphatic carbocycles. The third-order valence-electron chi connectivity index (χ3n) is 4.04. The molecular formula is C14H21N5O4. The second-order valence-corrected chi connectivity index (χ2v) is 6.14. The van der Waals surface area contributed by atoms with Crippen LogP contribution in [0.5, 0.6) is 0 Å². The summed E-state index contributed by atoms with van der Waals surface area (Å²) >= 11 is 0. The molecule has 1 aliphatic heterocycles. The average Bonchev–Trinajstić information content (AvgIpc) is 3.01. The van der Waals surface area contributed by atoms with Crippen LogP contribution in [0.2, 0.25) is 0 Å². The molecule has 0 saturated carbocycles. The molecule has 1 fully saturated rings. The molecule has 9 heteroatoms. The molecule has 1 aliphatic rings. The van der Waals surface area contributed by atoms with E-state index >= 15 is 0 Å². The standard InChI is InChI=1S/C14H21N5O4/c1-6(2)16-14-17-11-9(12(22)18-14)15-5-19(11)13-10(21)7(3)8(4-20)23-13/h5-8,10,13,20-21H,4H2,1-3H3,(H2,16,17,18,22)/t7-,8-,10-,13-/m1/s1. The van der Waals surface area contributed by atoms with E-state index in [-0.39, 0.29) is 29.6 Å². The Morgan fingerprint density at radius 3 is 2.87 bits per heavy atom. The van der Waals surface area contributed by atoms with E-state index in [0.717, 1.165) is 0 Å². The zero-order chi connectivity index (χ0) is 16.7. The lowest BCUT2D eigenvalue weighted by Crippen LogP contribution is -2.25. The first-order valence-electron chi connectivity index (χ1n) is 7.60. The van der Waals surface area contributed by atoms with Crippen molar-refractivity contribution >= 4 is 17.1 Å². The van der Waals surface area contributed by atoms with Crippen molar-refractivity contribution in [2.24, 2.45) is 5.92 Å². The van der Waals surface area contributed by atoms with Gasteiger partial charge in [0.15, 0.2) is 17.4 Å². The van der Waals surface area contributed by atoms with E-state index in [1.54, 1.807) is 6.92 Å². The molecule has 2 aromatic rings. The molecule has 0 spiro atoms. The van der Waals surface area contributed by atoms with Gasteiger partial charge in [-0.3, -0.25) is 14.3 Å². The number of aromatic nitrogens is 4. The molecule has 0 radical (unpaired) electrons. The van der Waals surface area contributed by atoms with Crippen LogP contribution >= 0.6 is 0 Å². The molecule has 1 saturated heterocycles. The second-order valence-electron chi connectivity index (χ2n) is 6.14. The van der Waals surface area contributed by atoms with Crippen molar-refractivity contribution in [2.45, 2.75) is 45.2 Å². The first kappa shape index (κ1) is 15.9. The largest absolute Gasteiger partial charge is 0.394 e. The van der Waals surface area contributed by atoms with Crippen molar-refractivity contribution in [3.63, 3.8) is 0 Å². The summed E-state index contributed by atoms with van der Waals surface area (Å²) in [7, 11) is 0. The number of fused-ring (bicyclic) bond motifs is 1. The molecule has 3 rings (SSSR count). The minimum absolute atomic E-state index is 0.0964. The lowest BCUT2D eigenvalue weighted by molar-refractivity contribution is -0.0491. The molecule has 0 bridgehead atoms. The Kier molecular flexibility index (Phi) is 4.09. The summed E-state index contributed by atoms with van der Waals surface area (Å²) in [6, 6.07) is 0.0964. The van der Waals surface area contributed by atoms with Crippen LogP contribution in [0.3, 0.4) is 0 Å². The van der Waals surface area contributed by atoms with E-state index in [0.29, 0.717) is 11.6 Å². The fourth-order valence-electron chi connectivity index (χ4n) is 2.76. The third kappa shape index (κ3) is 2.71. The number of hydrogen-bond donors (Lipinski definition) is 4. The van der Waals surface area contributed by atoms with Crippen molar-refractivity contribution in [2.75, 3.05) is 11.9 Å². The number of rotatable bonds is 4. The summed E-state index contributed by atoms with van der Waals surface area (Å²) < 4.78 is 7.23. The number of aliphatic hydroxyl groups is 2. The van der Waals surface area contributed by atoms with Crippen LogP contribution in [0, 0.1) is 5.92 Å². The van der Waals surface area contributed by atoms with Gasteiger partial charge in [0.1, 0.15) is 6.10 Å². The molecular weight excluding hydrogens is 302 g/mol. The maximum atomic E-state index is 12.1. The van der Waals surface area contributed by atoms with Gasteiger partial charge in [0.25, 0.3) is 5.56 Å². The highest BCUT2D eigenvalue weighted by molar-refractivity contribution is 5.71. The number of aromatic amines is 1. The molecule has 9 nitrogen and oxygen atoms in total. The number of aliphatic hydroxyl groups excluding tert-OH is 2. The molecule has 4 atom stereocenters. The maximum absolute atomic E-state index is 12.1. The Morgan fingerprint density at radius 2 is 2.26 bits per heavy atom. The van der Waals surface area contributed by atoms with E-state index < -0.39 is 18.4 Å². The Morgan fingerprint density at radius 1 is 1.52 bits per heavy atom. The van der Waals surface area contributed by atoms with Crippen LogP contribution in [-0.2, 0) is 4.74 Å². The van der Waals surface area contributed by atoms with Crippen LogP contribution in [0.4, 0.5) is 5.95 Å². The monoisotopic (exact) mass is 323 g/mol. The molecule has 4 N–H and O–H groups in total. The minimum Gasteiger partial charge on any atom is -0.394 e. The van der Waals surface area contributed by atoms with Gasteiger partial charge in [-0.25, -0.2) is 4.98 Å². The van der Waals surface area contributed by atoms with Crippen LogP contribution in [0.1, 0.15) is 27.0 Å². The molecule has 126 valence electrons. The first-order valence-corrected chi connectivity index (χ1v) is 7.60. The summed E-state index contributed by atoms with van der Waals surface area (Å²) in [6.45, 7) is 5.48. The highest BCUT2D eigenvalue weighted by Crippen LogP contribution is 2.34. The number of anilines is 1. The summed E-state index contributed by atoms with van der Waals surface area (Å²) in [5.74, 6) is 0.0937. The van der Waals surface area contributed by atoms with Gasteiger partial charge in [-0.2, -0.15) is 4.98 Å². The molecule has 3 heterocycles. The highest BCUT2D eigenvalue weighted by Gasteiger charge is 2.42. The smallest absolute Gasteiger partial charge is 0.280 e. The predicted octanol–water partition coefficient (Wildman–Crippen LogP) is -0.173. The SMILES string of the molecule is CC(C)Nc1nc2c(ncn2[C@@H]2O[C@H](CO)[C@@H](C)[C@H]2O)c(=O)[nH]1. The normalized spacial score (nSPS) is 27.9. The summed E-state index contributed by atoms with van der Waals surface area (Å²) in [4.78, 5) is 23.2. The van der Waals surface area contributed by atoms with Crippen LogP contribution in [0.15, 0.2) is 11.1 Å². The van der Waals surface area contributed by atoms with Gasteiger partial charge in [0, 0.05) is 12.0 Å². The minimum atomic E-state index is -0.827. The predicted molar refractivity (Wildman–Crippen MR) is 83.1 cm³/mol. The van der Waals surface area contributed by atoms with Crippen molar-refractivity contribution in [1.82, 2.24) is 19.5 Å². The van der Waals surface area contributed by atoms with Crippen molar-refractivity contribution in [3.8, 4) is 0 Å². The zero-order valence-electron chi connectivity index (χ0n) is 13.2. The quantitative estimate of drug-likeness (QED) is 0.615. The lowest BCUT2D eigenvalue weighted by atomic mass is 10.0. The van der Waals surface area contributed by atoms with E-state index in [4.69, 9.17) is 4.74 Å². The molecule has 0 aromatic carbocycles. The molecule has 2 aromatic heterocycles. The summed E-state index contributed by atoms with van der Waals surface area (Å²) in [6.07, 6.45) is -0.616. The zero-order valence-corrected chi connectivity index (χ0v) is 13.2. The van der Waals surface area contributed by atoms with Crippen molar-refractivity contribution < 1.29 is 14.9 Å². The number of nitrogens with one attached hydrogen (secondary N) is 2. The Labute approximate surface area is 132 Å². The van der Waals surface area contributed by atoms with E-state index in [9.17, 15) is 15.0 Å². The van der Waals surface area contributed by atoms with Crippen LogP contribution < -0.4 is 10.9 Å². The van der Waals surface area contributed by atoms with Gasteiger partial charge in [-0.1, -0.05) is 6.92 Å². The van der Waals surface area contributed by atoms with Gasteiger partial charge < -0.3 is 20.3 Å². The fraction of sp³-hybridized carbons (Fsp3) is 0.643. The van der Waals surface area contributed by atoms with E-state index in [1.807, 2.05) is 13.8 Å². The Bertz CT molecular complexity index is 755. The highest BCUT2D eigenvalue weighted by atomic mass is 16.5. The van der Waals surface area contributed by atoms with Crippen LogP contribution in [-0.4, -0.2) is 54.6 Å². The van der Waals surface area contributed by atoms with Crippen LogP contribution in [0.25, 0.3) is 11.2 Å². The lowest BCUT2D eigenvalue weighted by Gasteiger charge is -2.17. The Balaban J connectivity index is 2.05. The van der Waals surface area contributed by atoms with Gasteiger partial charge in [0.05, 0.1) is 19.0 Å². The Hall–Kier alpha value is -1.97. The number of hydrogen-bond acceptors (Lipinski definition) is 7. The third-order valence-corrected chi connectivity index (χ3v) is 4.04. The van der Waals surface area contributed by atoms with E-state index in [2.05, 4.69) is 20.3 Å². The number of nitrogens with zero attached hydrogens (tertiary/aromatic N) is 3. The first-order chi connectivity index (χ1) is 10.9. The van der Waals surface area contributed by atoms with Gasteiger partial charge in [-0.15, -0.1) is 0 Å². The maximum Gasteiger partial charge on any atom is 0.280 e. The second kappa shape index (κ2) is 5.91. The topological polar surface area (TPSA) is 125 Å². The van der Waals surface area contributed by atoms with Gasteiger partial charge in [0.2, 0.25) is 5.95 Å². The van der Waals surface area contributed by atoms with Crippen molar-refractivity contribution in [3.05, 3.63) is 16.7 Å². The molecule has 0 unspecified atom stereocenters. The molecule has 23 heavy (non-hydrogen) atoms. The summed E-state index contributed by atoms with van der Waals surface area (Å²) in [5, 5.41) is 22.7. The van der Waals surface area contributed by atoms with Gasteiger partial charge >= 0.3 is 0 Å².